The summed E-state index contributed by atoms with van der Waals surface area (Å²) in [6.07, 6.45) is 12.6. The molecule has 2 rings (SSSR count). The van der Waals surface area contributed by atoms with Gasteiger partial charge in [-0.2, -0.15) is 13.2 Å². The minimum Gasteiger partial charge on any atom is -0.381 e. The Labute approximate surface area is 272 Å². The van der Waals surface area contributed by atoms with Crippen molar-refractivity contribution in [3.8, 4) is 0 Å². The van der Waals surface area contributed by atoms with E-state index >= 15 is 0 Å². The lowest BCUT2D eigenvalue weighted by atomic mass is 9.77. The van der Waals surface area contributed by atoms with Crippen molar-refractivity contribution in [2.45, 2.75) is 113 Å². The fourth-order valence-corrected chi connectivity index (χ4v) is 5.10. The van der Waals surface area contributed by atoms with Crippen LogP contribution in [0.25, 0.3) is 5.57 Å². The Morgan fingerprint density at radius 2 is 1.78 bits per heavy atom. The maximum atomic E-state index is 13.4. The first-order valence-electron chi connectivity index (χ1n) is 16.5. The molecule has 45 heavy (non-hydrogen) atoms. The van der Waals surface area contributed by atoms with Gasteiger partial charge in [-0.25, -0.2) is 0 Å². The molecule has 0 aliphatic heterocycles. The fourth-order valence-electron chi connectivity index (χ4n) is 5.10. The largest absolute Gasteiger partial charge is 0.392 e. The first kappa shape index (κ1) is 39.7. The van der Waals surface area contributed by atoms with Crippen LogP contribution in [0, 0.1) is 11.8 Å². The highest BCUT2D eigenvalue weighted by atomic mass is 19.4. The van der Waals surface area contributed by atoms with E-state index < -0.39 is 12.1 Å². The molecule has 1 aliphatic carbocycles. The Morgan fingerprint density at radius 1 is 1.11 bits per heavy atom. The third kappa shape index (κ3) is 14.1. The quantitative estimate of drug-likeness (QED) is 0.162. The summed E-state index contributed by atoms with van der Waals surface area (Å²) in [5, 5.41) is 3.54. The van der Waals surface area contributed by atoms with Gasteiger partial charge in [0.1, 0.15) is 0 Å². The van der Waals surface area contributed by atoms with Gasteiger partial charge in [-0.15, -0.1) is 0 Å². The summed E-state index contributed by atoms with van der Waals surface area (Å²) in [7, 11) is 0. The second-order valence-corrected chi connectivity index (χ2v) is 11.9. The van der Waals surface area contributed by atoms with Crippen LogP contribution in [0.3, 0.4) is 0 Å². The number of aliphatic imine (C=N–C) groups is 1. The van der Waals surface area contributed by atoms with Crippen molar-refractivity contribution in [2.24, 2.45) is 16.8 Å². The van der Waals surface area contributed by atoms with E-state index in [0.717, 1.165) is 59.5 Å². The van der Waals surface area contributed by atoms with Crippen LogP contribution in [0.2, 0.25) is 0 Å². The molecule has 1 aromatic carbocycles. The van der Waals surface area contributed by atoms with Crippen molar-refractivity contribution in [1.82, 2.24) is 5.32 Å². The second kappa shape index (κ2) is 20.6. The lowest BCUT2D eigenvalue weighted by Crippen LogP contribution is -2.27. The van der Waals surface area contributed by atoms with Gasteiger partial charge in [0.25, 0.3) is 0 Å². The molecule has 1 aliphatic rings. The third-order valence-corrected chi connectivity index (χ3v) is 8.47. The smallest absolute Gasteiger partial charge is 0.381 e. The first-order chi connectivity index (χ1) is 21.3. The van der Waals surface area contributed by atoms with Crippen LogP contribution < -0.4 is 5.32 Å². The maximum absolute atomic E-state index is 13.4. The zero-order valence-corrected chi connectivity index (χ0v) is 29.1. The van der Waals surface area contributed by atoms with Crippen molar-refractivity contribution < 1.29 is 13.2 Å². The molecule has 1 aromatic rings. The number of alkyl halides is 3. The van der Waals surface area contributed by atoms with Crippen molar-refractivity contribution in [1.29, 1.82) is 0 Å². The van der Waals surface area contributed by atoms with Crippen LogP contribution >= 0.6 is 0 Å². The molecule has 1 N–H and O–H groups in total. The van der Waals surface area contributed by atoms with E-state index in [1.54, 1.807) is 6.21 Å². The fraction of sp³-hybridized carbons (Fsp3) is 0.475. The van der Waals surface area contributed by atoms with Gasteiger partial charge in [-0.05, 0) is 106 Å². The number of hydrogen-bond acceptors (Lipinski definition) is 2. The van der Waals surface area contributed by atoms with Gasteiger partial charge in [0.05, 0.1) is 5.92 Å². The predicted molar refractivity (Wildman–Crippen MR) is 191 cm³/mol. The minimum atomic E-state index is -4.13. The summed E-state index contributed by atoms with van der Waals surface area (Å²) in [4.78, 5) is 3.99. The van der Waals surface area contributed by atoms with Gasteiger partial charge in [0.15, 0.2) is 0 Å². The molecular weight excluding hydrogens is 565 g/mol. The summed E-state index contributed by atoms with van der Waals surface area (Å²) in [5.41, 5.74) is 9.81. The monoisotopic (exact) mass is 622 g/mol. The van der Waals surface area contributed by atoms with E-state index in [2.05, 4.69) is 93.7 Å². The Bertz CT molecular complexity index is 1270. The highest BCUT2D eigenvalue weighted by molar-refractivity contribution is 5.76. The van der Waals surface area contributed by atoms with Gasteiger partial charge >= 0.3 is 6.18 Å². The SMILES string of the molecule is C=C(C)N=C/C=C\CCC.C=C/C(=C\C1=C(C(C)CC)CC(C(F)(F)F)CC1)c1ccc(CNC(=CC)/C(C)=C(/C)CC)cc1. The molecule has 0 radical (unpaired) electrons. The number of halogens is 3. The van der Waals surface area contributed by atoms with Gasteiger partial charge in [-0.3, -0.25) is 4.99 Å². The van der Waals surface area contributed by atoms with Crippen molar-refractivity contribution in [3.05, 3.63) is 113 Å². The summed E-state index contributed by atoms with van der Waals surface area (Å²) in [6, 6.07) is 8.35. The van der Waals surface area contributed by atoms with Crippen LogP contribution in [-0.4, -0.2) is 12.4 Å². The number of unbranched alkanes of at least 4 members (excludes halogenated alkanes) is 1. The number of allylic oxidation sites excluding steroid dienone is 11. The molecule has 5 heteroatoms. The Hall–Kier alpha value is -3.34. The minimum absolute atomic E-state index is 0.109. The Kier molecular flexibility index (Phi) is 18.2. The zero-order chi connectivity index (χ0) is 34.0. The molecule has 248 valence electrons. The number of nitrogens with one attached hydrogen (secondary N) is 1. The molecule has 0 saturated heterocycles. The average molecular weight is 623 g/mol. The van der Waals surface area contributed by atoms with Gasteiger partial charge in [-0.1, -0.05) is 107 Å². The van der Waals surface area contributed by atoms with Crippen LogP contribution in [0.5, 0.6) is 0 Å². The van der Waals surface area contributed by atoms with Crippen molar-refractivity contribution >= 4 is 11.8 Å². The Balaban J connectivity index is 0.000000868. The number of rotatable bonds is 14. The number of benzene rings is 1. The molecule has 2 unspecified atom stereocenters. The molecule has 0 bridgehead atoms. The summed E-state index contributed by atoms with van der Waals surface area (Å²) in [6.45, 7) is 25.0. The Morgan fingerprint density at radius 3 is 2.29 bits per heavy atom. The number of nitrogens with zero attached hydrogens (tertiary/aromatic N) is 1. The van der Waals surface area contributed by atoms with E-state index in [0.29, 0.717) is 6.42 Å². The standard InChI is InChI=1S/C31H42F3N.C9H15N/c1-8-21(5)23(7)30(11-4)35-20-24-12-14-26(15-13-24)25(10-3)18-27-16-17-28(31(32,33)34)19-29(27)22(6)9-2;1-4-5-6-7-8-10-9(2)3/h10-15,18,22,28,35H,3,8-9,16-17,19-20H2,1-2,4-7H3;6-8H,2,4-5H2,1,3H3/b23-21-,25-18+,30-11?;7-6-,10-8?. The van der Waals surface area contributed by atoms with Gasteiger partial charge in [0.2, 0.25) is 0 Å². The first-order valence-corrected chi connectivity index (χ1v) is 16.5. The molecule has 0 heterocycles. The summed E-state index contributed by atoms with van der Waals surface area (Å²) in [5.74, 6) is -1.09. The van der Waals surface area contributed by atoms with Gasteiger partial charge < -0.3 is 5.32 Å². The molecule has 2 nitrogen and oxygen atoms in total. The van der Waals surface area contributed by atoms with Crippen LogP contribution in [-0.2, 0) is 6.54 Å². The molecule has 0 saturated carbocycles. The highest BCUT2D eigenvalue weighted by Gasteiger charge is 2.42. The molecule has 0 fully saturated rings. The van der Waals surface area contributed by atoms with E-state index in [-0.39, 0.29) is 18.8 Å². The summed E-state index contributed by atoms with van der Waals surface area (Å²) >= 11 is 0. The zero-order valence-electron chi connectivity index (χ0n) is 29.1. The van der Waals surface area contributed by atoms with Crippen LogP contribution in [0.15, 0.2) is 106 Å². The molecule has 2 atom stereocenters. The molecule has 0 aromatic heterocycles. The van der Waals surface area contributed by atoms with Gasteiger partial charge in [0, 0.05) is 24.2 Å². The van der Waals surface area contributed by atoms with Crippen molar-refractivity contribution in [2.75, 3.05) is 0 Å². The van der Waals surface area contributed by atoms with Crippen LogP contribution in [0.4, 0.5) is 13.2 Å². The highest BCUT2D eigenvalue weighted by Crippen LogP contribution is 2.43. The topological polar surface area (TPSA) is 24.4 Å². The average Bonchev–Trinajstić information content (AvgIpc) is 3.03. The third-order valence-electron chi connectivity index (χ3n) is 8.47. The predicted octanol–water partition coefficient (Wildman–Crippen LogP) is 12.6. The van der Waals surface area contributed by atoms with Crippen LogP contribution in [0.1, 0.15) is 111 Å². The lowest BCUT2D eigenvalue weighted by Gasteiger charge is -2.31. The molecule has 0 spiro atoms. The van der Waals surface area contributed by atoms with E-state index in [1.165, 1.54) is 23.1 Å². The lowest BCUT2D eigenvalue weighted by molar-refractivity contribution is -0.177. The molecular formula is C40H57F3N2. The van der Waals surface area contributed by atoms with Crippen molar-refractivity contribution in [3.63, 3.8) is 0 Å². The second-order valence-electron chi connectivity index (χ2n) is 11.9. The van der Waals surface area contributed by atoms with E-state index in [4.69, 9.17) is 0 Å². The number of hydrogen-bond donors (Lipinski definition) is 1. The normalized spacial score (nSPS) is 17.6. The molecule has 0 amide bonds. The van der Waals surface area contributed by atoms with E-state index in [1.807, 2.05) is 39.8 Å². The van der Waals surface area contributed by atoms with E-state index in [9.17, 15) is 13.2 Å². The maximum Gasteiger partial charge on any atom is 0.392 e. The summed E-state index contributed by atoms with van der Waals surface area (Å²) < 4.78 is 40.2.